The third-order valence-electron chi connectivity index (χ3n) is 3.66. The predicted molar refractivity (Wildman–Crippen MR) is 71.0 cm³/mol. The Morgan fingerprint density at radius 3 is 3.06 bits per heavy atom. The van der Waals surface area contributed by atoms with Gasteiger partial charge in [-0.2, -0.15) is 0 Å². The van der Waals surface area contributed by atoms with Crippen LogP contribution in [0.1, 0.15) is 12.5 Å². The highest BCUT2D eigenvalue weighted by atomic mass is 79.9. The lowest BCUT2D eigenvalue weighted by molar-refractivity contribution is 0.128. The summed E-state index contributed by atoms with van der Waals surface area (Å²) >= 11 is 3.43. The summed E-state index contributed by atoms with van der Waals surface area (Å²) < 4.78 is 0.976. The number of pyridine rings is 1. The fourth-order valence-electron chi connectivity index (χ4n) is 3.00. The maximum Gasteiger partial charge on any atom is 0.407 e. The highest BCUT2D eigenvalue weighted by Gasteiger charge is 2.40. The maximum atomic E-state index is 11.1. The lowest BCUT2D eigenvalue weighted by atomic mass is 10.1. The molecule has 0 saturated carbocycles. The molecule has 1 aromatic heterocycles. The van der Waals surface area contributed by atoms with Crippen LogP contribution in [0, 0.1) is 0 Å². The monoisotopic (exact) mass is 311 g/mol. The summed E-state index contributed by atoms with van der Waals surface area (Å²) in [6.45, 7) is 3.16. The van der Waals surface area contributed by atoms with Crippen LogP contribution in [0.5, 0.6) is 0 Å². The number of anilines is 1. The van der Waals surface area contributed by atoms with Gasteiger partial charge in [-0.25, -0.2) is 9.78 Å². The molecule has 0 spiro atoms. The molecule has 96 valence electrons. The van der Waals surface area contributed by atoms with E-state index >= 15 is 0 Å². The number of hydrogen-bond donors (Lipinski definition) is 1. The molecule has 1 saturated heterocycles. The van der Waals surface area contributed by atoms with Gasteiger partial charge >= 0.3 is 6.09 Å². The molecule has 0 aliphatic carbocycles. The smallest absolute Gasteiger partial charge is 0.407 e. The normalized spacial score (nSPS) is 25.9. The molecule has 0 radical (unpaired) electrons. The first-order valence-electron chi connectivity index (χ1n) is 5.97. The fourth-order valence-corrected chi connectivity index (χ4v) is 3.37. The summed E-state index contributed by atoms with van der Waals surface area (Å²) in [6, 6.07) is 2.48. The van der Waals surface area contributed by atoms with E-state index in [1.165, 1.54) is 10.5 Å². The van der Waals surface area contributed by atoms with Crippen LogP contribution >= 0.6 is 15.9 Å². The van der Waals surface area contributed by atoms with Crippen LogP contribution in [0.4, 0.5) is 10.6 Å². The third-order valence-corrected chi connectivity index (χ3v) is 4.10. The van der Waals surface area contributed by atoms with Crippen molar-refractivity contribution in [3.63, 3.8) is 0 Å². The first kappa shape index (κ1) is 11.8. The van der Waals surface area contributed by atoms with Crippen molar-refractivity contribution in [1.82, 2.24) is 9.88 Å². The van der Waals surface area contributed by atoms with Gasteiger partial charge in [0.15, 0.2) is 0 Å². The number of rotatable bonds is 0. The van der Waals surface area contributed by atoms with Crippen LogP contribution in [-0.2, 0) is 6.42 Å². The van der Waals surface area contributed by atoms with E-state index in [0.29, 0.717) is 13.1 Å². The van der Waals surface area contributed by atoms with Gasteiger partial charge < -0.3 is 14.9 Å². The van der Waals surface area contributed by atoms with Crippen LogP contribution < -0.4 is 4.90 Å². The van der Waals surface area contributed by atoms with Gasteiger partial charge in [0.05, 0.1) is 6.04 Å². The summed E-state index contributed by atoms with van der Waals surface area (Å²) in [7, 11) is 0. The number of aromatic nitrogens is 1. The van der Waals surface area contributed by atoms with Crippen LogP contribution in [-0.4, -0.2) is 46.3 Å². The number of nitrogens with zero attached hydrogens (tertiary/aromatic N) is 3. The van der Waals surface area contributed by atoms with Crippen molar-refractivity contribution in [1.29, 1.82) is 0 Å². The van der Waals surface area contributed by atoms with Gasteiger partial charge in [0.25, 0.3) is 0 Å². The summed E-state index contributed by atoms with van der Waals surface area (Å²) in [4.78, 5) is 19.3. The predicted octanol–water partition coefficient (Wildman–Crippen LogP) is 1.96. The Bertz CT molecular complexity index is 508. The van der Waals surface area contributed by atoms with Gasteiger partial charge in [0.1, 0.15) is 5.82 Å². The van der Waals surface area contributed by atoms with E-state index in [-0.39, 0.29) is 12.1 Å². The number of carboxylic acid groups (broad SMARTS) is 1. The van der Waals surface area contributed by atoms with E-state index in [9.17, 15) is 4.79 Å². The second kappa shape index (κ2) is 4.12. The lowest BCUT2D eigenvalue weighted by Crippen LogP contribution is -2.57. The van der Waals surface area contributed by atoms with Crippen LogP contribution in [0.15, 0.2) is 16.7 Å². The van der Waals surface area contributed by atoms with E-state index in [1.807, 2.05) is 0 Å². The van der Waals surface area contributed by atoms with Gasteiger partial charge in [-0.1, -0.05) is 0 Å². The highest BCUT2D eigenvalue weighted by Crippen LogP contribution is 2.35. The van der Waals surface area contributed by atoms with Gasteiger partial charge in [-0.05, 0) is 40.9 Å². The summed E-state index contributed by atoms with van der Waals surface area (Å²) in [6.07, 6.45) is 1.85. The molecular weight excluding hydrogens is 298 g/mol. The average Bonchev–Trinajstić information content (AvgIpc) is 2.66. The van der Waals surface area contributed by atoms with E-state index in [1.54, 1.807) is 6.20 Å². The summed E-state index contributed by atoms with van der Waals surface area (Å²) in [5.41, 5.74) is 1.20. The highest BCUT2D eigenvalue weighted by molar-refractivity contribution is 9.10. The minimum Gasteiger partial charge on any atom is -0.465 e. The van der Waals surface area contributed by atoms with Gasteiger partial charge in [-0.15, -0.1) is 0 Å². The molecule has 2 atom stereocenters. The second-order valence-electron chi connectivity index (χ2n) is 4.94. The molecule has 3 heterocycles. The molecule has 1 aromatic rings. The Kier molecular flexibility index (Phi) is 2.69. The number of carbonyl (C=O) groups is 1. The lowest BCUT2D eigenvalue weighted by Gasteiger charge is -2.42. The van der Waals surface area contributed by atoms with E-state index in [2.05, 4.69) is 38.8 Å². The summed E-state index contributed by atoms with van der Waals surface area (Å²) in [5, 5.41) is 9.12. The number of amides is 1. The standard InChI is InChI=1S/C12H14BrN3O2/c1-7-5-15(12(17)18)6-10-3-8-2-9(13)4-14-11(8)16(7)10/h2,4,7,10H,3,5-6H2,1H3,(H,17,18). The number of hydrogen-bond acceptors (Lipinski definition) is 3. The Morgan fingerprint density at radius 1 is 1.56 bits per heavy atom. The molecule has 18 heavy (non-hydrogen) atoms. The zero-order valence-electron chi connectivity index (χ0n) is 10.0. The molecule has 2 aliphatic rings. The van der Waals surface area contributed by atoms with Crippen molar-refractivity contribution in [3.8, 4) is 0 Å². The van der Waals surface area contributed by atoms with Crippen LogP contribution in [0.25, 0.3) is 0 Å². The zero-order chi connectivity index (χ0) is 12.9. The first-order valence-corrected chi connectivity index (χ1v) is 6.76. The van der Waals surface area contributed by atoms with E-state index < -0.39 is 6.09 Å². The van der Waals surface area contributed by atoms with Crippen molar-refractivity contribution in [2.45, 2.75) is 25.4 Å². The molecule has 1 fully saturated rings. The Morgan fingerprint density at radius 2 is 2.33 bits per heavy atom. The van der Waals surface area contributed by atoms with Crippen molar-refractivity contribution >= 4 is 27.8 Å². The van der Waals surface area contributed by atoms with Crippen molar-refractivity contribution in [2.75, 3.05) is 18.0 Å². The molecule has 2 unspecified atom stereocenters. The Balaban J connectivity index is 1.92. The van der Waals surface area contributed by atoms with Gasteiger partial charge in [0, 0.05) is 29.8 Å². The Hall–Kier alpha value is -1.30. The molecule has 2 aliphatic heterocycles. The SMILES string of the molecule is CC1CN(C(=O)O)CC2Cc3cc(Br)cnc3N12. The largest absolute Gasteiger partial charge is 0.465 e. The van der Waals surface area contributed by atoms with Crippen molar-refractivity contribution in [3.05, 3.63) is 22.3 Å². The van der Waals surface area contributed by atoms with Crippen LogP contribution in [0.3, 0.4) is 0 Å². The molecule has 5 nitrogen and oxygen atoms in total. The molecule has 6 heteroatoms. The quantitative estimate of drug-likeness (QED) is 0.795. The third kappa shape index (κ3) is 1.75. The molecule has 0 aromatic carbocycles. The second-order valence-corrected chi connectivity index (χ2v) is 5.85. The van der Waals surface area contributed by atoms with Crippen molar-refractivity contribution < 1.29 is 9.90 Å². The average molecular weight is 312 g/mol. The number of fused-ring (bicyclic) bond motifs is 3. The molecule has 0 bridgehead atoms. The fraction of sp³-hybridized carbons (Fsp3) is 0.500. The number of piperazine rings is 1. The number of halogens is 1. The minimum absolute atomic E-state index is 0.176. The van der Waals surface area contributed by atoms with E-state index in [4.69, 9.17) is 5.11 Å². The molecule has 3 rings (SSSR count). The van der Waals surface area contributed by atoms with Crippen LogP contribution in [0.2, 0.25) is 0 Å². The minimum atomic E-state index is -0.827. The Labute approximate surface area is 114 Å². The summed E-state index contributed by atoms with van der Waals surface area (Å²) in [5.74, 6) is 1.01. The first-order chi connectivity index (χ1) is 8.56. The van der Waals surface area contributed by atoms with Gasteiger partial charge in [-0.3, -0.25) is 0 Å². The zero-order valence-corrected chi connectivity index (χ0v) is 11.6. The maximum absolute atomic E-state index is 11.1. The van der Waals surface area contributed by atoms with E-state index in [0.717, 1.165) is 16.7 Å². The molecular formula is C12H14BrN3O2. The molecule has 1 N–H and O–H groups in total. The molecule has 1 amide bonds. The van der Waals surface area contributed by atoms with Crippen molar-refractivity contribution in [2.24, 2.45) is 0 Å². The topological polar surface area (TPSA) is 56.7 Å². The van der Waals surface area contributed by atoms with Gasteiger partial charge in [0.2, 0.25) is 0 Å².